The number of pyridine rings is 2. The molecule has 0 aliphatic rings. The number of fused-ring (bicyclic) bond motifs is 1. The van der Waals surface area contributed by atoms with Crippen molar-refractivity contribution in [2.75, 3.05) is 7.05 Å². The molecule has 0 aromatic carbocycles. The van der Waals surface area contributed by atoms with Crippen molar-refractivity contribution in [3.63, 3.8) is 0 Å². The van der Waals surface area contributed by atoms with Crippen molar-refractivity contribution in [2.24, 2.45) is 0 Å². The smallest absolute Gasteiger partial charge is 0.256 e. The van der Waals surface area contributed by atoms with Crippen molar-refractivity contribution in [3.05, 3.63) is 83.6 Å². The van der Waals surface area contributed by atoms with Crippen molar-refractivity contribution >= 4 is 17.0 Å². The van der Waals surface area contributed by atoms with Gasteiger partial charge in [-0.15, -0.1) is 5.10 Å². The first-order chi connectivity index (χ1) is 18.8. The van der Waals surface area contributed by atoms with Gasteiger partial charge in [0, 0.05) is 23.9 Å². The average molecular weight is 519 g/mol. The Balaban J connectivity index is 1.54. The summed E-state index contributed by atoms with van der Waals surface area (Å²) < 4.78 is 9.40. The molecule has 5 heterocycles. The van der Waals surface area contributed by atoms with Gasteiger partial charge in [-0.2, -0.15) is 15.3 Å². The van der Waals surface area contributed by atoms with Crippen LogP contribution in [0.1, 0.15) is 46.9 Å². The highest BCUT2D eigenvalue weighted by Crippen LogP contribution is 2.30. The number of aromatic nitrogens is 7. The van der Waals surface area contributed by atoms with Crippen LogP contribution in [0.25, 0.3) is 28.2 Å². The number of hydrogen-bond acceptors (Lipinski definition) is 7. The molecule has 5 aromatic rings. The number of nitrogens with one attached hydrogen (secondary N) is 1. The topological polar surface area (TPSA) is 112 Å². The van der Waals surface area contributed by atoms with Crippen molar-refractivity contribution in [1.29, 1.82) is 0 Å². The predicted molar refractivity (Wildman–Crippen MR) is 148 cm³/mol. The Morgan fingerprint density at radius 3 is 2.67 bits per heavy atom. The molecular weight excluding hydrogens is 492 g/mol. The van der Waals surface area contributed by atoms with Gasteiger partial charge in [-0.25, -0.2) is 14.2 Å². The molecule has 39 heavy (non-hydrogen) atoms. The number of carbonyl (C=O) groups is 1. The second-order valence-electron chi connectivity index (χ2n) is 8.94. The van der Waals surface area contributed by atoms with Gasteiger partial charge >= 0.3 is 0 Å². The molecule has 0 aliphatic heterocycles. The second-order valence-corrected chi connectivity index (χ2v) is 8.94. The van der Waals surface area contributed by atoms with Crippen LogP contribution in [-0.2, 0) is 0 Å². The Kier molecular flexibility index (Phi) is 6.64. The maximum Gasteiger partial charge on any atom is 0.256 e. The number of amides is 1. The molecule has 1 amide bonds. The lowest BCUT2D eigenvalue weighted by atomic mass is 10.1. The SMILES string of the molecule is C=C(C)c1ccc(-c2cnn3cc(Oc4nnc(C)cc4C(=O)NC)ccc23)nc1-n1nc(C#CC)cc1C. The highest BCUT2D eigenvalue weighted by Gasteiger charge is 2.18. The van der Waals surface area contributed by atoms with Gasteiger partial charge in [0.05, 0.1) is 29.3 Å². The number of ether oxygens (including phenoxy) is 1. The predicted octanol–water partition coefficient (Wildman–Crippen LogP) is 4.55. The zero-order valence-electron chi connectivity index (χ0n) is 22.3. The summed E-state index contributed by atoms with van der Waals surface area (Å²) in [5, 5.41) is 19.8. The van der Waals surface area contributed by atoms with E-state index >= 15 is 0 Å². The van der Waals surface area contributed by atoms with Crippen molar-refractivity contribution in [1.82, 2.24) is 39.9 Å². The number of carbonyl (C=O) groups excluding carboxylic acids is 1. The second kappa shape index (κ2) is 10.2. The first-order valence-electron chi connectivity index (χ1n) is 12.2. The van der Waals surface area contributed by atoms with Crippen molar-refractivity contribution in [2.45, 2.75) is 27.7 Å². The van der Waals surface area contributed by atoms with E-state index in [0.29, 0.717) is 28.5 Å². The van der Waals surface area contributed by atoms with Gasteiger partial charge in [0.1, 0.15) is 17.0 Å². The minimum absolute atomic E-state index is 0.107. The Hall–Kier alpha value is -5.30. The maximum atomic E-state index is 12.3. The third-order valence-electron chi connectivity index (χ3n) is 6.01. The number of rotatable bonds is 6. The highest BCUT2D eigenvalue weighted by atomic mass is 16.5. The summed E-state index contributed by atoms with van der Waals surface area (Å²) in [5.41, 5.74) is 6.63. The van der Waals surface area contributed by atoms with Crippen LogP contribution in [-0.4, -0.2) is 47.5 Å². The Morgan fingerprint density at radius 2 is 1.92 bits per heavy atom. The zero-order valence-corrected chi connectivity index (χ0v) is 22.3. The molecular formula is C29H26N8O2. The van der Waals surface area contributed by atoms with Gasteiger partial charge in [-0.05, 0) is 75.6 Å². The minimum Gasteiger partial charge on any atom is -0.435 e. The lowest BCUT2D eigenvalue weighted by Crippen LogP contribution is -2.19. The number of aryl methyl sites for hydroxylation is 2. The first kappa shape index (κ1) is 25.4. The van der Waals surface area contributed by atoms with Crippen LogP contribution in [0.5, 0.6) is 11.6 Å². The lowest BCUT2D eigenvalue weighted by Gasteiger charge is -2.12. The molecule has 0 radical (unpaired) electrons. The van der Waals surface area contributed by atoms with Gasteiger partial charge in [0.15, 0.2) is 5.82 Å². The van der Waals surface area contributed by atoms with E-state index in [4.69, 9.17) is 9.72 Å². The molecule has 0 bridgehead atoms. The molecule has 5 rings (SSSR count). The van der Waals surface area contributed by atoms with E-state index in [1.807, 2.05) is 38.1 Å². The van der Waals surface area contributed by atoms with Crippen LogP contribution in [0, 0.1) is 25.7 Å². The Morgan fingerprint density at radius 1 is 1.10 bits per heavy atom. The van der Waals surface area contributed by atoms with Crippen LogP contribution >= 0.6 is 0 Å². The molecule has 10 heteroatoms. The normalized spacial score (nSPS) is 10.7. The van der Waals surface area contributed by atoms with E-state index in [1.54, 1.807) is 54.6 Å². The van der Waals surface area contributed by atoms with Gasteiger partial charge < -0.3 is 10.1 Å². The maximum absolute atomic E-state index is 12.3. The third-order valence-corrected chi connectivity index (χ3v) is 6.01. The standard InChI is InChI=1S/C29H26N8O2/c1-7-8-20-14-19(5)37(35-20)27-22(17(2)3)10-11-25(32-27)24-15-31-36-16-21(9-12-26(24)36)39-29-23(28(38)30-6)13-18(4)33-34-29/h9-16H,2H2,1,3-6H3,(H,30,38). The number of hydrogen-bond donors (Lipinski definition) is 1. The van der Waals surface area contributed by atoms with E-state index < -0.39 is 0 Å². The van der Waals surface area contributed by atoms with Gasteiger partial charge in [-0.1, -0.05) is 12.5 Å². The summed E-state index contributed by atoms with van der Waals surface area (Å²) >= 11 is 0. The van der Waals surface area contributed by atoms with E-state index in [-0.39, 0.29) is 11.8 Å². The minimum atomic E-state index is -0.313. The quantitative estimate of drug-likeness (QED) is 0.328. The largest absolute Gasteiger partial charge is 0.435 e. The van der Waals surface area contributed by atoms with Crippen LogP contribution < -0.4 is 10.1 Å². The fraction of sp³-hybridized carbons (Fsp3) is 0.172. The van der Waals surface area contributed by atoms with Crippen LogP contribution in [0.4, 0.5) is 0 Å². The summed E-state index contributed by atoms with van der Waals surface area (Å²) in [4.78, 5) is 17.3. The fourth-order valence-electron chi connectivity index (χ4n) is 4.16. The first-order valence-corrected chi connectivity index (χ1v) is 12.2. The molecule has 194 valence electrons. The highest BCUT2D eigenvalue weighted by molar-refractivity contribution is 5.96. The number of allylic oxidation sites excluding steroid dienone is 1. The number of nitrogens with zero attached hydrogens (tertiary/aromatic N) is 7. The summed E-state index contributed by atoms with van der Waals surface area (Å²) in [5.74, 6) is 6.80. The molecule has 5 aromatic heterocycles. The van der Waals surface area contributed by atoms with Gasteiger partial charge in [-0.3, -0.25) is 4.79 Å². The Labute approximate surface area is 225 Å². The zero-order chi connectivity index (χ0) is 27.7. The monoisotopic (exact) mass is 518 g/mol. The van der Waals surface area contributed by atoms with E-state index in [0.717, 1.165) is 33.6 Å². The summed E-state index contributed by atoms with van der Waals surface area (Å²) in [6.45, 7) is 11.6. The molecule has 0 fully saturated rings. The molecule has 10 nitrogen and oxygen atoms in total. The van der Waals surface area contributed by atoms with E-state index in [2.05, 4.69) is 44.1 Å². The molecule has 0 unspecified atom stereocenters. The molecule has 0 spiro atoms. The van der Waals surface area contributed by atoms with E-state index in [1.165, 1.54) is 0 Å². The van der Waals surface area contributed by atoms with E-state index in [9.17, 15) is 4.79 Å². The van der Waals surface area contributed by atoms with Gasteiger partial charge in [0.25, 0.3) is 11.8 Å². The molecule has 0 saturated heterocycles. The summed E-state index contributed by atoms with van der Waals surface area (Å²) in [6.07, 6.45) is 3.46. The average Bonchev–Trinajstić information content (AvgIpc) is 3.51. The van der Waals surface area contributed by atoms with Crippen LogP contribution in [0.2, 0.25) is 0 Å². The van der Waals surface area contributed by atoms with Crippen molar-refractivity contribution in [3.8, 4) is 40.5 Å². The molecule has 1 N–H and O–H groups in total. The molecule has 0 saturated carbocycles. The summed E-state index contributed by atoms with van der Waals surface area (Å²) in [7, 11) is 1.55. The van der Waals surface area contributed by atoms with Crippen LogP contribution in [0.15, 0.2) is 55.4 Å². The van der Waals surface area contributed by atoms with Gasteiger partial charge in [0.2, 0.25) is 0 Å². The summed E-state index contributed by atoms with van der Waals surface area (Å²) in [6, 6.07) is 11.1. The lowest BCUT2D eigenvalue weighted by molar-refractivity contribution is 0.0959. The van der Waals surface area contributed by atoms with Crippen LogP contribution in [0.3, 0.4) is 0 Å². The fourth-order valence-corrected chi connectivity index (χ4v) is 4.16. The molecule has 0 aliphatic carbocycles. The Bertz CT molecular complexity index is 1820. The van der Waals surface area contributed by atoms with Crippen molar-refractivity contribution < 1.29 is 9.53 Å². The third kappa shape index (κ3) is 4.85. The molecule has 0 atom stereocenters.